The van der Waals surface area contributed by atoms with Gasteiger partial charge in [-0.15, -0.1) is 0 Å². The summed E-state index contributed by atoms with van der Waals surface area (Å²) in [6, 6.07) is 3.88. The van der Waals surface area contributed by atoms with Crippen molar-refractivity contribution >= 4 is 21.8 Å². The van der Waals surface area contributed by atoms with Crippen LogP contribution in [0.2, 0.25) is 0 Å². The quantitative estimate of drug-likeness (QED) is 0.552. The fourth-order valence-electron chi connectivity index (χ4n) is 1.36. The van der Waals surface area contributed by atoms with Crippen molar-refractivity contribution in [2.75, 3.05) is 0 Å². The maximum absolute atomic E-state index is 4.13. The zero-order valence-electron chi connectivity index (χ0n) is 6.65. The molecule has 0 aliphatic rings. The molecule has 0 amide bonds. The normalized spacial score (nSPS) is 11.1. The first-order valence-corrected chi connectivity index (χ1v) is 3.89. The first-order chi connectivity index (χ1) is 6.43. The largest absolute Gasteiger partial charge is 0.275 e. The number of benzene rings is 1. The van der Waals surface area contributed by atoms with Crippen LogP contribution in [0.25, 0.3) is 21.8 Å². The molecule has 0 aliphatic carbocycles. The van der Waals surface area contributed by atoms with Crippen LogP contribution < -0.4 is 0 Å². The zero-order chi connectivity index (χ0) is 8.67. The molecule has 0 unspecified atom stereocenters. The first kappa shape index (κ1) is 6.54. The van der Waals surface area contributed by atoms with Gasteiger partial charge in [0.15, 0.2) is 0 Å². The fourth-order valence-corrected chi connectivity index (χ4v) is 1.36. The van der Waals surface area contributed by atoms with Gasteiger partial charge in [-0.05, 0) is 12.1 Å². The average molecular weight is 169 g/mol. The highest BCUT2D eigenvalue weighted by Gasteiger charge is 1.99. The van der Waals surface area contributed by atoms with Crippen molar-refractivity contribution in [3.8, 4) is 0 Å². The third kappa shape index (κ3) is 0.885. The van der Waals surface area contributed by atoms with Crippen LogP contribution >= 0.6 is 0 Å². The molecule has 0 saturated heterocycles. The Morgan fingerprint density at radius 2 is 2.23 bits per heavy atom. The van der Waals surface area contributed by atoms with Gasteiger partial charge in [0.25, 0.3) is 0 Å². The van der Waals surface area contributed by atoms with Gasteiger partial charge in [0.05, 0.1) is 17.2 Å². The maximum Gasteiger partial charge on any atom is 0.116 e. The van der Waals surface area contributed by atoms with E-state index in [0.717, 1.165) is 21.8 Å². The Bertz CT molecular complexity index is 520. The van der Waals surface area contributed by atoms with Gasteiger partial charge >= 0.3 is 0 Å². The van der Waals surface area contributed by atoms with Crippen LogP contribution in [0.5, 0.6) is 0 Å². The maximum atomic E-state index is 4.13. The summed E-state index contributed by atoms with van der Waals surface area (Å²) in [4.78, 5) is 8.08. The molecule has 0 spiro atoms. The van der Waals surface area contributed by atoms with Crippen LogP contribution in [-0.2, 0) is 0 Å². The molecule has 0 bridgehead atoms. The molecule has 0 fully saturated rings. The summed E-state index contributed by atoms with van der Waals surface area (Å²) in [6.07, 6.45) is 6.23. The summed E-state index contributed by atoms with van der Waals surface area (Å²) in [5, 5.41) is 8.68. The van der Waals surface area contributed by atoms with Gasteiger partial charge in [-0.3, -0.25) is 5.10 Å². The number of nitrogens with one attached hydrogen (secondary N) is 1. The molecule has 61 valence electrons. The molecule has 4 nitrogen and oxygen atoms in total. The molecule has 2 heterocycles. The van der Waals surface area contributed by atoms with Crippen LogP contribution in [0.3, 0.4) is 0 Å². The van der Waals surface area contributed by atoms with Gasteiger partial charge in [0, 0.05) is 17.0 Å². The van der Waals surface area contributed by atoms with Crippen LogP contribution in [0.1, 0.15) is 0 Å². The van der Waals surface area contributed by atoms with Gasteiger partial charge in [0.1, 0.15) is 6.33 Å². The smallest absolute Gasteiger partial charge is 0.116 e. The summed E-state index contributed by atoms with van der Waals surface area (Å²) in [6.45, 7) is 0. The first-order valence-electron chi connectivity index (χ1n) is 3.89. The molecular weight excluding hydrogens is 164 g/mol. The summed E-state index contributed by atoms with van der Waals surface area (Å²) < 4.78 is 0. The van der Waals surface area contributed by atoms with E-state index < -0.39 is 0 Å². The number of aromatic amines is 1. The van der Waals surface area contributed by atoms with Crippen molar-refractivity contribution in [3.63, 3.8) is 0 Å². The second kappa shape index (κ2) is 2.26. The average Bonchev–Trinajstić information content (AvgIpc) is 2.61. The third-order valence-corrected chi connectivity index (χ3v) is 1.99. The molecule has 3 rings (SSSR count). The molecular formula is C9H5N4. The highest BCUT2D eigenvalue weighted by atomic mass is 15.1. The predicted octanol–water partition coefficient (Wildman–Crippen LogP) is 1.31. The molecule has 0 saturated carbocycles. The molecule has 13 heavy (non-hydrogen) atoms. The van der Waals surface area contributed by atoms with E-state index in [1.54, 1.807) is 6.20 Å². The van der Waals surface area contributed by atoms with Crippen molar-refractivity contribution < 1.29 is 0 Å². The second-order valence-corrected chi connectivity index (χ2v) is 2.80. The summed E-state index contributed by atoms with van der Waals surface area (Å²) >= 11 is 0. The van der Waals surface area contributed by atoms with Gasteiger partial charge < -0.3 is 0 Å². The highest BCUT2D eigenvalue weighted by molar-refractivity contribution is 5.93. The second-order valence-electron chi connectivity index (χ2n) is 2.80. The van der Waals surface area contributed by atoms with Crippen molar-refractivity contribution in [2.24, 2.45) is 0 Å². The number of rotatable bonds is 0. The van der Waals surface area contributed by atoms with Crippen molar-refractivity contribution in [2.45, 2.75) is 0 Å². The number of hydrogen-bond donors (Lipinski definition) is 1. The Morgan fingerprint density at radius 3 is 3.23 bits per heavy atom. The van der Waals surface area contributed by atoms with E-state index in [9.17, 15) is 0 Å². The molecule has 2 aromatic heterocycles. The number of hydrogen-bond acceptors (Lipinski definition) is 3. The van der Waals surface area contributed by atoms with Gasteiger partial charge in [-0.1, -0.05) is 0 Å². The van der Waals surface area contributed by atoms with Crippen LogP contribution in [0, 0.1) is 6.20 Å². The molecule has 3 aromatic rings. The number of H-pyrrole nitrogens is 1. The minimum atomic E-state index is 0.881. The van der Waals surface area contributed by atoms with E-state index in [1.807, 2.05) is 12.1 Å². The Hall–Kier alpha value is -1.97. The number of aromatic nitrogens is 4. The van der Waals surface area contributed by atoms with Crippen molar-refractivity contribution in [1.82, 2.24) is 20.2 Å². The Morgan fingerprint density at radius 1 is 1.23 bits per heavy atom. The molecule has 1 radical (unpaired) electrons. The van der Waals surface area contributed by atoms with Gasteiger partial charge in [-0.25, -0.2) is 9.97 Å². The lowest BCUT2D eigenvalue weighted by atomic mass is 10.2. The molecule has 1 aromatic carbocycles. The molecule has 4 heteroatoms. The summed E-state index contributed by atoms with van der Waals surface area (Å²) in [7, 11) is 0. The Kier molecular flexibility index (Phi) is 1.14. The van der Waals surface area contributed by atoms with Crippen LogP contribution in [0.4, 0.5) is 0 Å². The Labute approximate surface area is 73.6 Å². The van der Waals surface area contributed by atoms with Crippen molar-refractivity contribution in [1.29, 1.82) is 0 Å². The number of nitrogens with zero attached hydrogens (tertiary/aromatic N) is 3. The lowest BCUT2D eigenvalue weighted by Crippen LogP contribution is -1.80. The summed E-state index contributed by atoms with van der Waals surface area (Å²) in [5.41, 5.74) is 1.79. The standard InChI is InChI=1S/C9H5N4/c1-6-3-10-5-11-8(6)2-9-7(1)4-12-13-9/h1-3,5H,(H,12,13). The van der Waals surface area contributed by atoms with Gasteiger partial charge in [0.2, 0.25) is 0 Å². The predicted molar refractivity (Wildman–Crippen MR) is 48.0 cm³/mol. The van der Waals surface area contributed by atoms with E-state index in [1.165, 1.54) is 6.33 Å². The van der Waals surface area contributed by atoms with E-state index >= 15 is 0 Å². The van der Waals surface area contributed by atoms with E-state index in [4.69, 9.17) is 0 Å². The highest BCUT2D eigenvalue weighted by Crippen LogP contribution is 2.17. The molecule has 0 atom stereocenters. The Balaban J connectivity index is 2.57. The number of fused-ring (bicyclic) bond motifs is 2. The van der Waals surface area contributed by atoms with Gasteiger partial charge in [-0.2, -0.15) is 5.10 Å². The monoisotopic (exact) mass is 169 g/mol. The zero-order valence-corrected chi connectivity index (χ0v) is 6.65. The SMILES string of the molecule is [c]1[nH]nc2cc3ncncc3cc12. The summed E-state index contributed by atoms with van der Waals surface area (Å²) in [5.74, 6) is 0. The minimum absolute atomic E-state index is 0.881. The van der Waals surface area contributed by atoms with Crippen LogP contribution in [0.15, 0.2) is 24.7 Å². The van der Waals surface area contributed by atoms with E-state index in [-0.39, 0.29) is 0 Å². The van der Waals surface area contributed by atoms with E-state index in [0.29, 0.717) is 0 Å². The third-order valence-electron chi connectivity index (χ3n) is 1.99. The fraction of sp³-hybridized carbons (Fsp3) is 0. The van der Waals surface area contributed by atoms with Crippen molar-refractivity contribution in [3.05, 3.63) is 30.9 Å². The molecule has 1 N–H and O–H groups in total. The van der Waals surface area contributed by atoms with Crippen LogP contribution in [-0.4, -0.2) is 20.2 Å². The lowest BCUT2D eigenvalue weighted by molar-refractivity contribution is 1.11. The topological polar surface area (TPSA) is 54.5 Å². The lowest BCUT2D eigenvalue weighted by Gasteiger charge is -1.93. The minimum Gasteiger partial charge on any atom is -0.275 e. The van der Waals surface area contributed by atoms with E-state index in [2.05, 4.69) is 26.4 Å². The molecule has 0 aliphatic heterocycles.